The van der Waals surface area contributed by atoms with Crippen molar-refractivity contribution in [2.24, 2.45) is 0 Å². The number of hydrogen-bond donors (Lipinski definition) is 2. The average molecular weight is 293 g/mol. The highest BCUT2D eigenvalue weighted by Gasteiger charge is 2.14. The minimum Gasteiger partial charge on any atom is -0.384 e. The number of methoxy groups -OCH3 is 1. The molecular weight excluding hydrogens is 274 g/mol. The number of hydrogen-bond acceptors (Lipinski definition) is 7. The minimum absolute atomic E-state index is 0.117. The highest BCUT2D eigenvalue weighted by molar-refractivity contribution is 7.11. The van der Waals surface area contributed by atoms with Gasteiger partial charge in [0.2, 0.25) is 0 Å². The molecule has 20 heavy (non-hydrogen) atoms. The van der Waals surface area contributed by atoms with Crippen LogP contribution in [0.15, 0.2) is 6.07 Å². The van der Waals surface area contributed by atoms with Gasteiger partial charge in [0, 0.05) is 18.1 Å². The summed E-state index contributed by atoms with van der Waals surface area (Å²) in [4.78, 5) is 14.1. The number of aromatic nitrogens is 3. The fourth-order valence-electron chi connectivity index (χ4n) is 2.02. The molecule has 2 aromatic rings. The van der Waals surface area contributed by atoms with E-state index in [0.717, 1.165) is 10.7 Å². The number of nitrogen functional groups attached to an aromatic ring is 1. The van der Waals surface area contributed by atoms with E-state index in [2.05, 4.69) is 27.2 Å². The summed E-state index contributed by atoms with van der Waals surface area (Å²) in [6, 6.07) is 1.84. The molecule has 0 saturated carbocycles. The molecule has 1 unspecified atom stereocenters. The largest absolute Gasteiger partial charge is 0.384 e. The summed E-state index contributed by atoms with van der Waals surface area (Å²) in [5, 5.41) is 4.40. The molecule has 0 aliphatic rings. The van der Waals surface area contributed by atoms with Crippen LogP contribution in [0.1, 0.15) is 34.4 Å². The normalized spacial score (nSPS) is 12.4. The van der Waals surface area contributed by atoms with Gasteiger partial charge in [0.25, 0.3) is 0 Å². The van der Waals surface area contributed by atoms with E-state index in [4.69, 9.17) is 10.5 Å². The number of nitrogens with one attached hydrogen (secondary N) is 1. The number of thiazole rings is 1. The number of aryl methyl sites for hydroxylation is 2. The lowest BCUT2D eigenvalue weighted by Crippen LogP contribution is -2.10. The summed E-state index contributed by atoms with van der Waals surface area (Å²) < 4.78 is 5.03. The molecule has 0 saturated heterocycles. The van der Waals surface area contributed by atoms with Gasteiger partial charge in [-0.1, -0.05) is 0 Å². The third kappa shape index (κ3) is 3.43. The first kappa shape index (κ1) is 14.7. The Morgan fingerprint density at radius 3 is 2.70 bits per heavy atom. The Morgan fingerprint density at radius 2 is 2.10 bits per heavy atom. The van der Waals surface area contributed by atoms with Crippen molar-refractivity contribution in [1.82, 2.24) is 15.0 Å². The number of ether oxygens (including phenoxy) is 1. The first-order valence-corrected chi connectivity index (χ1v) is 7.14. The molecule has 2 rings (SSSR count). The Morgan fingerprint density at radius 1 is 1.35 bits per heavy atom. The van der Waals surface area contributed by atoms with Gasteiger partial charge in [0.05, 0.1) is 16.7 Å². The summed E-state index contributed by atoms with van der Waals surface area (Å²) >= 11 is 1.69. The standard InChI is InChI=1S/C13H19N5OS/c1-7-13(20-9(3)15-7)8(2)16-11-5-10(14)17-12(18-11)6-19-4/h5,8H,6H2,1-4H3,(H3,14,16,17,18). The van der Waals surface area contributed by atoms with Gasteiger partial charge >= 0.3 is 0 Å². The van der Waals surface area contributed by atoms with E-state index in [0.29, 0.717) is 24.1 Å². The highest BCUT2D eigenvalue weighted by Crippen LogP contribution is 2.27. The molecule has 0 aromatic carbocycles. The molecule has 0 bridgehead atoms. The Balaban J connectivity index is 2.18. The maximum atomic E-state index is 5.78. The zero-order chi connectivity index (χ0) is 14.7. The smallest absolute Gasteiger partial charge is 0.158 e. The van der Waals surface area contributed by atoms with Crippen LogP contribution < -0.4 is 11.1 Å². The molecule has 2 heterocycles. The van der Waals surface area contributed by atoms with Crippen molar-refractivity contribution in [2.45, 2.75) is 33.4 Å². The van der Waals surface area contributed by atoms with Crippen molar-refractivity contribution in [2.75, 3.05) is 18.2 Å². The number of nitrogens with two attached hydrogens (primary N) is 1. The average Bonchev–Trinajstić information content (AvgIpc) is 2.68. The fraction of sp³-hybridized carbons (Fsp3) is 0.462. The third-order valence-electron chi connectivity index (χ3n) is 2.76. The molecule has 0 aliphatic carbocycles. The minimum atomic E-state index is 0.117. The van der Waals surface area contributed by atoms with Gasteiger partial charge in [-0.25, -0.2) is 15.0 Å². The molecule has 108 valence electrons. The summed E-state index contributed by atoms with van der Waals surface area (Å²) in [5.74, 6) is 1.70. The van der Waals surface area contributed by atoms with Crippen LogP contribution in [-0.4, -0.2) is 22.1 Å². The van der Waals surface area contributed by atoms with Crippen LogP contribution in [0.3, 0.4) is 0 Å². The quantitative estimate of drug-likeness (QED) is 0.880. The lowest BCUT2D eigenvalue weighted by Gasteiger charge is -2.14. The second-order valence-corrected chi connectivity index (χ2v) is 5.81. The maximum Gasteiger partial charge on any atom is 0.158 e. The second kappa shape index (κ2) is 6.15. The van der Waals surface area contributed by atoms with Crippen molar-refractivity contribution >= 4 is 23.0 Å². The molecule has 7 heteroatoms. The van der Waals surface area contributed by atoms with Gasteiger partial charge in [-0.15, -0.1) is 11.3 Å². The van der Waals surface area contributed by atoms with Gasteiger partial charge in [-0.2, -0.15) is 0 Å². The molecule has 2 aromatic heterocycles. The maximum absolute atomic E-state index is 5.78. The van der Waals surface area contributed by atoms with E-state index in [-0.39, 0.29) is 6.04 Å². The van der Waals surface area contributed by atoms with Gasteiger partial charge in [0.15, 0.2) is 5.82 Å². The Bertz CT molecular complexity index is 598. The molecule has 1 atom stereocenters. The number of anilines is 2. The van der Waals surface area contributed by atoms with E-state index in [1.54, 1.807) is 24.5 Å². The molecule has 6 nitrogen and oxygen atoms in total. The third-order valence-corrected chi connectivity index (χ3v) is 4.02. The number of rotatable bonds is 5. The van der Waals surface area contributed by atoms with Gasteiger partial charge in [0.1, 0.15) is 18.2 Å². The van der Waals surface area contributed by atoms with Gasteiger partial charge < -0.3 is 15.8 Å². The Labute approximate surface area is 122 Å². The monoisotopic (exact) mass is 293 g/mol. The molecule has 3 N–H and O–H groups in total. The molecular formula is C13H19N5OS. The van der Waals surface area contributed by atoms with E-state index in [1.165, 1.54) is 4.88 Å². The summed E-state index contributed by atoms with van der Waals surface area (Å²) in [6.45, 7) is 6.44. The van der Waals surface area contributed by atoms with Gasteiger partial charge in [-0.3, -0.25) is 0 Å². The van der Waals surface area contributed by atoms with Crippen molar-refractivity contribution in [3.8, 4) is 0 Å². The zero-order valence-corrected chi connectivity index (χ0v) is 12.9. The molecule has 0 amide bonds. The lowest BCUT2D eigenvalue weighted by molar-refractivity contribution is 0.178. The topological polar surface area (TPSA) is 86.0 Å². The van der Waals surface area contributed by atoms with Crippen LogP contribution in [0.25, 0.3) is 0 Å². The SMILES string of the molecule is COCc1nc(N)cc(NC(C)c2sc(C)nc2C)n1. The molecule has 0 aliphatic heterocycles. The predicted molar refractivity (Wildman–Crippen MR) is 80.8 cm³/mol. The molecule has 0 fully saturated rings. The van der Waals surface area contributed by atoms with Crippen LogP contribution in [0.4, 0.5) is 11.6 Å². The predicted octanol–water partition coefficient (Wildman–Crippen LogP) is 2.45. The second-order valence-electron chi connectivity index (χ2n) is 4.58. The fourth-order valence-corrected chi connectivity index (χ4v) is 2.95. The van der Waals surface area contributed by atoms with Crippen LogP contribution in [0, 0.1) is 13.8 Å². The van der Waals surface area contributed by atoms with E-state index in [1.807, 2.05) is 13.8 Å². The van der Waals surface area contributed by atoms with Crippen molar-refractivity contribution in [1.29, 1.82) is 0 Å². The molecule has 0 spiro atoms. The first-order chi connectivity index (χ1) is 9.49. The summed E-state index contributed by atoms with van der Waals surface area (Å²) in [6.07, 6.45) is 0. The molecule has 0 radical (unpaired) electrons. The lowest BCUT2D eigenvalue weighted by atomic mass is 10.2. The van der Waals surface area contributed by atoms with Crippen LogP contribution in [0.2, 0.25) is 0 Å². The van der Waals surface area contributed by atoms with E-state index < -0.39 is 0 Å². The van der Waals surface area contributed by atoms with Crippen molar-refractivity contribution in [3.05, 3.63) is 27.5 Å². The zero-order valence-electron chi connectivity index (χ0n) is 12.1. The van der Waals surface area contributed by atoms with E-state index >= 15 is 0 Å². The first-order valence-electron chi connectivity index (χ1n) is 6.32. The van der Waals surface area contributed by atoms with Crippen molar-refractivity contribution < 1.29 is 4.74 Å². The Kier molecular flexibility index (Phi) is 4.51. The van der Waals surface area contributed by atoms with E-state index in [9.17, 15) is 0 Å². The Hall–Kier alpha value is -1.73. The van der Waals surface area contributed by atoms with Crippen molar-refractivity contribution in [3.63, 3.8) is 0 Å². The highest BCUT2D eigenvalue weighted by atomic mass is 32.1. The number of nitrogens with zero attached hydrogens (tertiary/aromatic N) is 3. The summed E-state index contributed by atoms with van der Waals surface area (Å²) in [7, 11) is 1.60. The van der Waals surface area contributed by atoms with Crippen LogP contribution in [-0.2, 0) is 11.3 Å². The van der Waals surface area contributed by atoms with Crippen LogP contribution >= 0.6 is 11.3 Å². The summed E-state index contributed by atoms with van der Waals surface area (Å²) in [5.41, 5.74) is 6.83. The van der Waals surface area contributed by atoms with Crippen LogP contribution in [0.5, 0.6) is 0 Å². The van der Waals surface area contributed by atoms with Gasteiger partial charge in [-0.05, 0) is 20.8 Å².